The summed E-state index contributed by atoms with van der Waals surface area (Å²) in [6, 6.07) is 3.49. The Morgan fingerprint density at radius 2 is 1.93 bits per heavy atom. The van der Waals surface area contributed by atoms with Crippen molar-refractivity contribution in [3.63, 3.8) is 0 Å². The molecule has 0 unspecified atom stereocenters. The Morgan fingerprint density at radius 1 is 1.21 bits per heavy atom. The van der Waals surface area contributed by atoms with E-state index >= 15 is 0 Å². The third-order valence-corrected chi connectivity index (χ3v) is 5.88. The van der Waals surface area contributed by atoms with Crippen LogP contribution in [0.2, 0.25) is 0 Å². The van der Waals surface area contributed by atoms with Gasteiger partial charge in [0, 0.05) is 43.9 Å². The highest BCUT2D eigenvalue weighted by Crippen LogP contribution is 2.40. The van der Waals surface area contributed by atoms with Gasteiger partial charge in [-0.05, 0) is 37.4 Å². The summed E-state index contributed by atoms with van der Waals surface area (Å²) in [5.74, 6) is -1.89. The molecule has 0 saturated carbocycles. The minimum Gasteiger partial charge on any atom is -0.337 e. The molecular formula is C20H22F4N4O. The van der Waals surface area contributed by atoms with Gasteiger partial charge < -0.3 is 9.80 Å². The number of carbonyl (C=O) groups is 1. The van der Waals surface area contributed by atoms with Gasteiger partial charge >= 0.3 is 6.18 Å². The number of H-pyrrole nitrogens is 1. The van der Waals surface area contributed by atoms with Crippen LogP contribution >= 0.6 is 0 Å². The molecule has 1 N–H and O–H groups in total. The molecule has 156 valence electrons. The van der Waals surface area contributed by atoms with Crippen molar-refractivity contribution < 1.29 is 22.4 Å². The number of hydrogen-bond donors (Lipinski definition) is 1. The first-order valence-electron chi connectivity index (χ1n) is 9.65. The first-order valence-corrected chi connectivity index (χ1v) is 9.65. The first-order chi connectivity index (χ1) is 13.8. The lowest BCUT2D eigenvalue weighted by atomic mass is 9.86. The van der Waals surface area contributed by atoms with Gasteiger partial charge in [0.15, 0.2) is 5.69 Å². The number of alkyl halides is 3. The molecule has 1 aromatic carbocycles. The van der Waals surface area contributed by atoms with Gasteiger partial charge in [-0.3, -0.25) is 9.89 Å². The SMILES string of the molecule is CN1CCc2[nH]nc(C(=O)N3CCC(c4cccc(F)c4C(F)(F)F)CC3)c2C1. The van der Waals surface area contributed by atoms with Crippen LogP contribution in [0.15, 0.2) is 18.2 Å². The van der Waals surface area contributed by atoms with E-state index in [0.717, 1.165) is 30.3 Å². The molecule has 5 nitrogen and oxygen atoms in total. The Hall–Kier alpha value is -2.42. The van der Waals surface area contributed by atoms with Gasteiger partial charge in [0.1, 0.15) is 5.82 Å². The van der Waals surface area contributed by atoms with Gasteiger partial charge in [0.05, 0.1) is 5.56 Å². The standard InChI is InChI=1S/C20H22F4N4O/c1-27-8-7-16-14(11-27)18(26-25-16)19(29)28-9-5-12(6-10-28)13-3-2-4-15(21)17(13)20(22,23)24/h2-4,12H,5-11H2,1H3,(H,25,26). The fraction of sp³-hybridized carbons (Fsp3) is 0.500. The number of hydrogen-bond acceptors (Lipinski definition) is 3. The fourth-order valence-electron chi connectivity index (χ4n) is 4.33. The number of fused-ring (bicyclic) bond motifs is 1. The number of amides is 1. The molecule has 0 radical (unpaired) electrons. The van der Waals surface area contributed by atoms with Crippen molar-refractivity contribution in [2.75, 3.05) is 26.7 Å². The zero-order valence-corrected chi connectivity index (χ0v) is 16.0. The van der Waals surface area contributed by atoms with Gasteiger partial charge in [-0.1, -0.05) is 12.1 Å². The van der Waals surface area contributed by atoms with Crippen LogP contribution in [0.5, 0.6) is 0 Å². The smallest absolute Gasteiger partial charge is 0.337 e. The molecule has 2 aliphatic heterocycles. The van der Waals surface area contributed by atoms with Crippen molar-refractivity contribution in [2.45, 2.75) is 37.9 Å². The minimum absolute atomic E-state index is 0.0247. The van der Waals surface area contributed by atoms with E-state index in [9.17, 15) is 22.4 Å². The second kappa shape index (κ2) is 7.44. The van der Waals surface area contributed by atoms with Crippen LogP contribution in [-0.2, 0) is 19.1 Å². The summed E-state index contributed by atoms with van der Waals surface area (Å²) in [5.41, 5.74) is 1.05. The quantitative estimate of drug-likeness (QED) is 0.771. The number of likely N-dealkylation sites (N-methyl/N-ethyl adjacent to an activating group) is 1. The highest BCUT2D eigenvalue weighted by atomic mass is 19.4. The Bertz CT molecular complexity index is 916. The van der Waals surface area contributed by atoms with Crippen molar-refractivity contribution in [1.82, 2.24) is 20.0 Å². The number of halogens is 4. The Labute approximate surface area is 165 Å². The van der Waals surface area contributed by atoms with E-state index in [1.54, 1.807) is 4.90 Å². The number of benzene rings is 1. The summed E-state index contributed by atoms with van der Waals surface area (Å²) in [6.07, 6.45) is -3.24. The van der Waals surface area contributed by atoms with E-state index in [0.29, 0.717) is 38.2 Å². The molecule has 1 amide bonds. The maximum absolute atomic E-state index is 13.9. The zero-order valence-electron chi connectivity index (χ0n) is 16.0. The second-order valence-corrected chi connectivity index (χ2v) is 7.79. The number of aromatic amines is 1. The first kappa shape index (κ1) is 19.9. The summed E-state index contributed by atoms with van der Waals surface area (Å²) in [5, 5.41) is 7.14. The zero-order chi connectivity index (χ0) is 20.8. The summed E-state index contributed by atoms with van der Waals surface area (Å²) in [4.78, 5) is 16.7. The van der Waals surface area contributed by atoms with Gasteiger partial charge in [-0.15, -0.1) is 0 Å². The van der Waals surface area contributed by atoms with Crippen LogP contribution in [0.4, 0.5) is 17.6 Å². The molecular weight excluding hydrogens is 388 g/mol. The van der Waals surface area contributed by atoms with Crippen LogP contribution in [0.25, 0.3) is 0 Å². The number of aromatic nitrogens is 2. The Balaban J connectivity index is 1.49. The van der Waals surface area contributed by atoms with Gasteiger partial charge in [0.25, 0.3) is 5.91 Å². The third kappa shape index (κ3) is 3.75. The van der Waals surface area contributed by atoms with Crippen LogP contribution in [0, 0.1) is 5.82 Å². The molecule has 9 heteroatoms. The molecule has 3 heterocycles. The molecule has 1 saturated heterocycles. The predicted octanol–water partition coefficient (Wildman–Crippen LogP) is 3.58. The maximum Gasteiger partial charge on any atom is 0.419 e. The molecule has 2 aliphatic rings. The molecule has 0 atom stereocenters. The van der Waals surface area contributed by atoms with E-state index < -0.39 is 23.5 Å². The van der Waals surface area contributed by atoms with Gasteiger partial charge in [-0.2, -0.15) is 18.3 Å². The summed E-state index contributed by atoms with van der Waals surface area (Å²) in [6.45, 7) is 2.16. The second-order valence-electron chi connectivity index (χ2n) is 7.79. The highest BCUT2D eigenvalue weighted by molar-refractivity contribution is 5.94. The van der Waals surface area contributed by atoms with E-state index in [-0.39, 0.29) is 11.5 Å². The number of likely N-dealkylation sites (tertiary alicyclic amines) is 1. The van der Waals surface area contributed by atoms with E-state index in [4.69, 9.17) is 0 Å². The number of rotatable bonds is 2. The normalized spacial score (nSPS) is 18.7. The van der Waals surface area contributed by atoms with Crippen molar-refractivity contribution >= 4 is 5.91 Å². The molecule has 4 rings (SSSR count). The van der Waals surface area contributed by atoms with Crippen molar-refractivity contribution in [3.05, 3.63) is 52.1 Å². The Kier molecular flexibility index (Phi) is 5.10. The number of piperidine rings is 1. The van der Waals surface area contributed by atoms with E-state index in [1.165, 1.54) is 12.1 Å². The molecule has 2 aromatic rings. The third-order valence-electron chi connectivity index (χ3n) is 5.88. The molecule has 1 fully saturated rings. The molecule has 29 heavy (non-hydrogen) atoms. The van der Waals surface area contributed by atoms with Crippen molar-refractivity contribution in [1.29, 1.82) is 0 Å². The number of nitrogens with zero attached hydrogens (tertiary/aromatic N) is 3. The van der Waals surface area contributed by atoms with Gasteiger partial charge in [0.2, 0.25) is 0 Å². The topological polar surface area (TPSA) is 52.2 Å². The van der Waals surface area contributed by atoms with Crippen molar-refractivity contribution in [2.24, 2.45) is 0 Å². The Morgan fingerprint density at radius 3 is 2.62 bits per heavy atom. The molecule has 0 spiro atoms. The number of nitrogens with one attached hydrogen (secondary N) is 1. The average molecular weight is 410 g/mol. The largest absolute Gasteiger partial charge is 0.419 e. The van der Waals surface area contributed by atoms with Crippen LogP contribution in [0.1, 0.15) is 51.6 Å². The average Bonchev–Trinajstić information content (AvgIpc) is 3.09. The summed E-state index contributed by atoms with van der Waals surface area (Å²) < 4.78 is 53.9. The lowest BCUT2D eigenvalue weighted by Gasteiger charge is -2.33. The molecule has 0 aliphatic carbocycles. The van der Waals surface area contributed by atoms with Gasteiger partial charge in [-0.25, -0.2) is 4.39 Å². The van der Waals surface area contributed by atoms with Crippen LogP contribution < -0.4 is 0 Å². The maximum atomic E-state index is 13.9. The monoisotopic (exact) mass is 410 g/mol. The summed E-state index contributed by atoms with van der Waals surface area (Å²) >= 11 is 0. The lowest BCUT2D eigenvalue weighted by molar-refractivity contribution is -0.140. The van der Waals surface area contributed by atoms with Crippen LogP contribution in [-0.4, -0.2) is 52.6 Å². The van der Waals surface area contributed by atoms with Crippen LogP contribution in [0.3, 0.4) is 0 Å². The van der Waals surface area contributed by atoms with E-state index in [1.807, 2.05) is 7.05 Å². The van der Waals surface area contributed by atoms with Crippen molar-refractivity contribution in [3.8, 4) is 0 Å². The minimum atomic E-state index is -4.74. The lowest BCUT2D eigenvalue weighted by Crippen LogP contribution is -2.39. The summed E-state index contributed by atoms with van der Waals surface area (Å²) in [7, 11) is 1.98. The highest BCUT2D eigenvalue weighted by Gasteiger charge is 2.39. The molecule has 1 aromatic heterocycles. The molecule has 0 bridgehead atoms. The predicted molar refractivity (Wildman–Crippen MR) is 97.9 cm³/mol. The van der Waals surface area contributed by atoms with E-state index in [2.05, 4.69) is 15.1 Å². The fourth-order valence-corrected chi connectivity index (χ4v) is 4.33. The number of carbonyl (C=O) groups excluding carboxylic acids is 1.